The molecule has 0 atom stereocenters. The van der Waals surface area contributed by atoms with E-state index in [2.05, 4.69) is 20.2 Å². The summed E-state index contributed by atoms with van der Waals surface area (Å²) in [4.78, 5) is 23.2. The molecule has 0 unspecified atom stereocenters. The second-order valence-corrected chi connectivity index (χ2v) is 5.84. The molecule has 1 fully saturated rings. The molecule has 2 aromatic rings. The molecule has 1 aliphatic rings. The first-order valence-electron chi connectivity index (χ1n) is 9.07. The van der Waals surface area contributed by atoms with Crippen molar-refractivity contribution in [2.45, 2.75) is 13.8 Å². The Morgan fingerprint density at radius 3 is 2.59 bits per heavy atom. The van der Waals surface area contributed by atoms with Crippen LogP contribution in [0.4, 0.5) is 11.6 Å². The van der Waals surface area contributed by atoms with Gasteiger partial charge in [0.05, 0.1) is 26.4 Å². The molecule has 1 saturated heterocycles. The number of hydrogen-bond donors (Lipinski definition) is 1. The third-order valence-corrected chi connectivity index (χ3v) is 4.03. The molecule has 27 heavy (non-hydrogen) atoms. The van der Waals surface area contributed by atoms with E-state index in [0.717, 1.165) is 18.9 Å². The molecule has 1 aliphatic heterocycles. The largest absolute Gasteiger partial charge is 0.490 e. The number of amides is 1. The Balaban J connectivity index is 1.74. The molecule has 1 aromatic carbocycles. The molecule has 2 heterocycles. The molecule has 0 aliphatic carbocycles. The smallest absolute Gasteiger partial charge is 0.256 e. The molecule has 0 saturated carbocycles. The molecule has 1 aromatic heterocycles. The van der Waals surface area contributed by atoms with E-state index in [1.807, 2.05) is 13.8 Å². The van der Waals surface area contributed by atoms with Gasteiger partial charge in [0, 0.05) is 24.7 Å². The molecule has 1 N–H and O–H groups in total. The summed E-state index contributed by atoms with van der Waals surface area (Å²) < 4.78 is 16.5. The van der Waals surface area contributed by atoms with Crippen molar-refractivity contribution < 1.29 is 19.0 Å². The van der Waals surface area contributed by atoms with Crippen molar-refractivity contribution in [1.82, 2.24) is 9.97 Å². The Morgan fingerprint density at radius 1 is 1.11 bits per heavy atom. The fourth-order valence-electron chi connectivity index (χ4n) is 2.76. The molecular weight excluding hydrogens is 348 g/mol. The number of nitrogens with zero attached hydrogens (tertiary/aromatic N) is 3. The average molecular weight is 372 g/mol. The molecule has 8 heteroatoms. The number of anilines is 2. The quantitative estimate of drug-likeness (QED) is 0.798. The van der Waals surface area contributed by atoms with Gasteiger partial charge in [-0.2, -0.15) is 0 Å². The van der Waals surface area contributed by atoms with Gasteiger partial charge in [-0.05, 0) is 32.0 Å². The van der Waals surface area contributed by atoms with Crippen molar-refractivity contribution in [1.29, 1.82) is 0 Å². The van der Waals surface area contributed by atoms with Gasteiger partial charge in [0.15, 0.2) is 11.5 Å². The Morgan fingerprint density at radius 2 is 1.85 bits per heavy atom. The minimum atomic E-state index is -0.273. The zero-order valence-corrected chi connectivity index (χ0v) is 15.6. The van der Waals surface area contributed by atoms with Crippen LogP contribution in [0.3, 0.4) is 0 Å². The molecule has 144 valence electrons. The number of nitrogens with one attached hydrogen (secondary N) is 1. The van der Waals surface area contributed by atoms with Gasteiger partial charge in [0.25, 0.3) is 5.91 Å². The maximum atomic E-state index is 12.6. The molecule has 0 radical (unpaired) electrons. The van der Waals surface area contributed by atoms with E-state index >= 15 is 0 Å². The Kier molecular flexibility index (Phi) is 6.43. The maximum absolute atomic E-state index is 12.6. The number of carbonyl (C=O) groups is 1. The van der Waals surface area contributed by atoms with E-state index in [4.69, 9.17) is 14.2 Å². The fraction of sp³-hybridized carbons (Fsp3) is 0.421. The van der Waals surface area contributed by atoms with E-state index in [0.29, 0.717) is 49.3 Å². The lowest BCUT2D eigenvalue weighted by molar-refractivity contribution is 0.102. The molecular formula is C19H24N4O4. The number of aromatic nitrogens is 2. The van der Waals surface area contributed by atoms with Crippen LogP contribution < -0.4 is 19.7 Å². The van der Waals surface area contributed by atoms with Crippen molar-refractivity contribution in [2.75, 3.05) is 49.7 Å². The number of rotatable bonds is 7. The number of benzene rings is 1. The van der Waals surface area contributed by atoms with Gasteiger partial charge >= 0.3 is 0 Å². The van der Waals surface area contributed by atoms with Crippen molar-refractivity contribution in [3.8, 4) is 11.5 Å². The summed E-state index contributed by atoms with van der Waals surface area (Å²) in [5.74, 6) is 2.11. The van der Waals surface area contributed by atoms with Gasteiger partial charge in [-0.1, -0.05) is 0 Å². The van der Waals surface area contributed by atoms with Crippen LogP contribution in [0.5, 0.6) is 11.5 Å². The SMILES string of the molecule is CCOc1ccc(C(=O)Nc2cc(N3CCOCC3)ncn2)cc1OCC. The maximum Gasteiger partial charge on any atom is 0.256 e. The van der Waals surface area contributed by atoms with Crippen molar-refractivity contribution in [2.24, 2.45) is 0 Å². The summed E-state index contributed by atoms with van der Waals surface area (Å²) >= 11 is 0. The first-order valence-corrected chi connectivity index (χ1v) is 9.07. The monoisotopic (exact) mass is 372 g/mol. The Hall–Kier alpha value is -2.87. The third kappa shape index (κ3) is 4.85. The van der Waals surface area contributed by atoms with Crippen LogP contribution in [0.15, 0.2) is 30.6 Å². The van der Waals surface area contributed by atoms with Gasteiger partial charge in [-0.15, -0.1) is 0 Å². The van der Waals surface area contributed by atoms with E-state index in [9.17, 15) is 4.79 Å². The van der Waals surface area contributed by atoms with Crippen LogP contribution in [-0.4, -0.2) is 55.4 Å². The van der Waals surface area contributed by atoms with Crippen molar-refractivity contribution in [3.63, 3.8) is 0 Å². The third-order valence-electron chi connectivity index (χ3n) is 4.03. The predicted molar refractivity (Wildman–Crippen MR) is 102 cm³/mol. The van der Waals surface area contributed by atoms with Crippen LogP contribution in [0.25, 0.3) is 0 Å². The standard InChI is InChI=1S/C19H24N4O4/c1-3-26-15-6-5-14(11-16(15)27-4-2)19(24)22-17-12-18(21-13-20-17)23-7-9-25-10-8-23/h5-6,11-13H,3-4,7-10H2,1-2H3,(H,20,21,22,24). The highest BCUT2D eigenvalue weighted by molar-refractivity contribution is 6.04. The summed E-state index contributed by atoms with van der Waals surface area (Å²) in [6.45, 7) is 7.66. The highest BCUT2D eigenvalue weighted by atomic mass is 16.5. The fourth-order valence-corrected chi connectivity index (χ4v) is 2.76. The van der Waals surface area contributed by atoms with Gasteiger partial charge < -0.3 is 24.4 Å². The summed E-state index contributed by atoms with van der Waals surface area (Å²) in [5, 5.41) is 2.81. The number of carbonyl (C=O) groups excluding carboxylic acids is 1. The Bertz CT molecular complexity index is 778. The van der Waals surface area contributed by atoms with E-state index < -0.39 is 0 Å². The second-order valence-electron chi connectivity index (χ2n) is 5.84. The average Bonchev–Trinajstić information content (AvgIpc) is 2.70. The zero-order valence-electron chi connectivity index (χ0n) is 15.6. The first-order chi connectivity index (χ1) is 13.2. The molecule has 0 bridgehead atoms. The number of morpholine rings is 1. The zero-order chi connectivity index (χ0) is 19.1. The lowest BCUT2D eigenvalue weighted by atomic mass is 10.2. The molecule has 3 rings (SSSR count). The first kappa shape index (κ1) is 18.9. The van der Waals surface area contributed by atoms with Crippen LogP contribution in [-0.2, 0) is 4.74 Å². The minimum absolute atomic E-state index is 0.273. The second kappa shape index (κ2) is 9.18. The van der Waals surface area contributed by atoms with Crippen molar-refractivity contribution >= 4 is 17.5 Å². The summed E-state index contributed by atoms with van der Waals surface area (Å²) in [7, 11) is 0. The van der Waals surface area contributed by atoms with Crippen LogP contribution >= 0.6 is 0 Å². The summed E-state index contributed by atoms with van der Waals surface area (Å²) in [6, 6.07) is 6.88. The molecule has 0 spiro atoms. The predicted octanol–water partition coefficient (Wildman–Crippen LogP) is 2.36. The van der Waals surface area contributed by atoms with Gasteiger partial charge in [0.1, 0.15) is 18.0 Å². The minimum Gasteiger partial charge on any atom is -0.490 e. The summed E-state index contributed by atoms with van der Waals surface area (Å²) in [5.41, 5.74) is 0.466. The normalized spacial score (nSPS) is 13.9. The van der Waals surface area contributed by atoms with E-state index in [1.54, 1.807) is 24.3 Å². The van der Waals surface area contributed by atoms with E-state index in [-0.39, 0.29) is 5.91 Å². The van der Waals surface area contributed by atoms with Crippen molar-refractivity contribution in [3.05, 3.63) is 36.2 Å². The highest BCUT2D eigenvalue weighted by Crippen LogP contribution is 2.29. The topological polar surface area (TPSA) is 85.8 Å². The van der Waals surface area contributed by atoms with Crippen LogP contribution in [0.2, 0.25) is 0 Å². The van der Waals surface area contributed by atoms with E-state index in [1.165, 1.54) is 6.33 Å². The van der Waals surface area contributed by atoms with Gasteiger partial charge in [-0.25, -0.2) is 9.97 Å². The van der Waals surface area contributed by atoms with Gasteiger partial charge in [0.2, 0.25) is 0 Å². The Labute approximate surface area is 158 Å². The lowest BCUT2D eigenvalue weighted by Gasteiger charge is -2.27. The molecule has 8 nitrogen and oxygen atoms in total. The summed E-state index contributed by atoms with van der Waals surface area (Å²) in [6.07, 6.45) is 1.45. The molecule has 1 amide bonds. The highest BCUT2D eigenvalue weighted by Gasteiger charge is 2.15. The lowest BCUT2D eigenvalue weighted by Crippen LogP contribution is -2.36. The number of ether oxygens (including phenoxy) is 3. The van der Waals surface area contributed by atoms with Gasteiger partial charge in [-0.3, -0.25) is 4.79 Å². The van der Waals surface area contributed by atoms with Crippen LogP contribution in [0, 0.1) is 0 Å². The number of hydrogen-bond acceptors (Lipinski definition) is 7. The van der Waals surface area contributed by atoms with Crippen LogP contribution in [0.1, 0.15) is 24.2 Å².